The zero-order valence-corrected chi connectivity index (χ0v) is 14.9. The van der Waals surface area contributed by atoms with Crippen LogP contribution in [0.1, 0.15) is 35.2 Å². The summed E-state index contributed by atoms with van der Waals surface area (Å²) in [6, 6.07) is 15.7. The number of hydrogen-bond donors (Lipinski definition) is 1. The van der Waals surface area contributed by atoms with Gasteiger partial charge in [0.1, 0.15) is 0 Å². The molecule has 1 N–H and O–H groups in total. The van der Waals surface area contributed by atoms with Crippen molar-refractivity contribution < 1.29 is 9.90 Å². The van der Waals surface area contributed by atoms with Gasteiger partial charge in [-0.2, -0.15) is 0 Å². The van der Waals surface area contributed by atoms with E-state index in [0.29, 0.717) is 5.56 Å². The summed E-state index contributed by atoms with van der Waals surface area (Å²) in [6.07, 6.45) is 3.36. The number of aromatic nitrogens is 1. The Morgan fingerprint density at radius 3 is 2.46 bits per heavy atom. The predicted molar refractivity (Wildman–Crippen MR) is 105 cm³/mol. The van der Waals surface area contributed by atoms with Crippen molar-refractivity contribution in [3.05, 3.63) is 59.7 Å². The number of pyridine rings is 1. The minimum absolute atomic E-state index is 0.374. The molecule has 3 aromatic rings. The maximum atomic E-state index is 12.3. The average molecular weight is 346 g/mol. The Bertz CT molecular complexity index is 961. The monoisotopic (exact) mass is 346 g/mol. The van der Waals surface area contributed by atoms with Crippen LogP contribution in [-0.2, 0) is 0 Å². The topological polar surface area (TPSA) is 53.4 Å². The molecule has 0 amide bonds. The molecule has 0 aliphatic carbocycles. The minimum Gasteiger partial charge on any atom is -0.478 e. The predicted octanol–water partition coefficient (Wildman–Crippen LogP) is 4.90. The number of carbonyl (C=O) groups is 1. The zero-order chi connectivity index (χ0) is 18.1. The number of benzene rings is 2. The lowest BCUT2D eigenvalue weighted by atomic mass is 9.97. The van der Waals surface area contributed by atoms with E-state index in [2.05, 4.69) is 4.90 Å². The van der Waals surface area contributed by atoms with Gasteiger partial charge in [0.15, 0.2) is 0 Å². The number of aryl methyl sites for hydroxylation is 1. The fourth-order valence-electron chi connectivity index (χ4n) is 3.81. The van der Waals surface area contributed by atoms with Crippen molar-refractivity contribution >= 4 is 22.6 Å². The van der Waals surface area contributed by atoms with E-state index in [4.69, 9.17) is 4.98 Å². The molecule has 4 heteroatoms. The van der Waals surface area contributed by atoms with Crippen LogP contribution in [-0.4, -0.2) is 29.1 Å². The third-order valence-electron chi connectivity index (χ3n) is 5.05. The fourth-order valence-corrected chi connectivity index (χ4v) is 3.81. The zero-order valence-electron chi connectivity index (χ0n) is 14.9. The quantitative estimate of drug-likeness (QED) is 0.733. The highest BCUT2D eigenvalue weighted by Crippen LogP contribution is 2.38. The van der Waals surface area contributed by atoms with Gasteiger partial charge in [0, 0.05) is 24.0 Å². The number of carboxylic acid groups (broad SMARTS) is 1. The maximum Gasteiger partial charge on any atom is 0.338 e. The lowest BCUT2D eigenvalue weighted by Crippen LogP contribution is -2.31. The van der Waals surface area contributed by atoms with Crippen LogP contribution in [0.5, 0.6) is 0 Å². The van der Waals surface area contributed by atoms with Crippen molar-refractivity contribution in [2.24, 2.45) is 0 Å². The highest BCUT2D eigenvalue weighted by atomic mass is 16.4. The van der Waals surface area contributed by atoms with E-state index < -0.39 is 5.97 Å². The molecule has 4 nitrogen and oxygen atoms in total. The highest BCUT2D eigenvalue weighted by Gasteiger charge is 2.26. The van der Waals surface area contributed by atoms with Crippen LogP contribution in [0.2, 0.25) is 0 Å². The van der Waals surface area contributed by atoms with E-state index in [0.717, 1.165) is 59.3 Å². The molecule has 4 rings (SSSR count). The van der Waals surface area contributed by atoms with Crippen molar-refractivity contribution in [3.63, 3.8) is 0 Å². The molecular weight excluding hydrogens is 324 g/mol. The van der Waals surface area contributed by atoms with Crippen molar-refractivity contribution in [3.8, 4) is 11.3 Å². The molecule has 2 heterocycles. The molecule has 1 aliphatic heterocycles. The molecule has 26 heavy (non-hydrogen) atoms. The van der Waals surface area contributed by atoms with E-state index in [9.17, 15) is 9.90 Å². The Kier molecular flexibility index (Phi) is 4.33. The molecule has 0 unspecified atom stereocenters. The van der Waals surface area contributed by atoms with Crippen LogP contribution >= 0.6 is 0 Å². The largest absolute Gasteiger partial charge is 0.478 e. The smallest absolute Gasteiger partial charge is 0.338 e. The Morgan fingerprint density at radius 2 is 1.77 bits per heavy atom. The third-order valence-corrected chi connectivity index (χ3v) is 5.05. The van der Waals surface area contributed by atoms with E-state index in [1.54, 1.807) is 0 Å². The van der Waals surface area contributed by atoms with Crippen molar-refractivity contribution in [2.75, 3.05) is 18.0 Å². The summed E-state index contributed by atoms with van der Waals surface area (Å²) in [5.41, 5.74) is 4.63. The van der Waals surface area contributed by atoms with E-state index in [1.807, 2.05) is 55.5 Å². The second-order valence-electron chi connectivity index (χ2n) is 6.92. The Hall–Kier alpha value is -2.88. The van der Waals surface area contributed by atoms with E-state index in [1.165, 1.54) is 6.42 Å². The van der Waals surface area contributed by atoms with E-state index in [-0.39, 0.29) is 0 Å². The first kappa shape index (κ1) is 16.6. The van der Waals surface area contributed by atoms with Gasteiger partial charge in [0.25, 0.3) is 0 Å². The van der Waals surface area contributed by atoms with Gasteiger partial charge < -0.3 is 10.0 Å². The number of anilines is 1. The first-order valence-electron chi connectivity index (χ1n) is 9.13. The first-order valence-corrected chi connectivity index (χ1v) is 9.13. The first-order chi connectivity index (χ1) is 12.6. The van der Waals surface area contributed by atoms with Crippen LogP contribution in [0.4, 0.5) is 5.69 Å². The molecule has 0 radical (unpaired) electrons. The van der Waals surface area contributed by atoms with Gasteiger partial charge in [-0.05, 0) is 38.3 Å². The molecule has 0 saturated carbocycles. The normalized spacial score (nSPS) is 14.6. The van der Waals surface area contributed by atoms with Crippen LogP contribution in [0.15, 0.2) is 48.5 Å². The number of piperidine rings is 1. The highest BCUT2D eigenvalue weighted by molar-refractivity contribution is 6.10. The Labute approximate surface area is 153 Å². The van der Waals surface area contributed by atoms with Gasteiger partial charge in [-0.15, -0.1) is 0 Å². The number of hydrogen-bond acceptors (Lipinski definition) is 3. The number of rotatable bonds is 3. The molecular formula is C22H22N2O2. The number of nitrogens with zero attached hydrogens (tertiary/aromatic N) is 2. The number of carboxylic acids is 1. The van der Waals surface area contributed by atoms with Crippen LogP contribution in [0.25, 0.3) is 22.2 Å². The minimum atomic E-state index is -0.888. The summed E-state index contributed by atoms with van der Waals surface area (Å²) in [5.74, 6) is -0.888. The molecule has 1 fully saturated rings. The number of aromatic carboxylic acids is 1. The molecule has 1 aliphatic rings. The van der Waals surface area contributed by atoms with Crippen LogP contribution < -0.4 is 4.90 Å². The second-order valence-corrected chi connectivity index (χ2v) is 6.92. The molecule has 0 bridgehead atoms. The van der Waals surface area contributed by atoms with Crippen LogP contribution in [0, 0.1) is 6.92 Å². The summed E-state index contributed by atoms with van der Waals surface area (Å²) in [6.45, 7) is 3.73. The van der Waals surface area contributed by atoms with Gasteiger partial charge >= 0.3 is 5.97 Å². The van der Waals surface area contributed by atoms with Gasteiger partial charge in [0.2, 0.25) is 0 Å². The lowest BCUT2D eigenvalue weighted by molar-refractivity contribution is 0.0699. The van der Waals surface area contributed by atoms with E-state index >= 15 is 0 Å². The van der Waals surface area contributed by atoms with Crippen molar-refractivity contribution in [2.45, 2.75) is 26.2 Å². The summed E-state index contributed by atoms with van der Waals surface area (Å²) in [7, 11) is 0. The van der Waals surface area contributed by atoms with Gasteiger partial charge in [-0.1, -0.05) is 42.0 Å². The van der Waals surface area contributed by atoms with Gasteiger partial charge in [-0.3, -0.25) is 0 Å². The standard InChI is InChI=1S/C22H22N2O2/c1-15-10-11-18-17(14-15)19(22(25)26)21(24-12-6-3-7-13-24)20(23-18)16-8-4-2-5-9-16/h2,4-5,8-11,14H,3,6-7,12-13H2,1H3,(H,25,26). The van der Waals surface area contributed by atoms with Gasteiger partial charge in [0.05, 0.1) is 22.5 Å². The summed E-state index contributed by atoms with van der Waals surface area (Å²) >= 11 is 0. The van der Waals surface area contributed by atoms with Gasteiger partial charge in [-0.25, -0.2) is 9.78 Å². The number of fused-ring (bicyclic) bond motifs is 1. The summed E-state index contributed by atoms with van der Waals surface area (Å²) in [5, 5.41) is 10.8. The molecule has 0 atom stereocenters. The lowest BCUT2D eigenvalue weighted by Gasteiger charge is -2.32. The third kappa shape index (κ3) is 2.92. The molecule has 132 valence electrons. The summed E-state index contributed by atoms with van der Waals surface area (Å²) in [4.78, 5) is 19.4. The molecule has 2 aromatic carbocycles. The van der Waals surface area contributed by atoms with Crippen LogP contribution in [0.3, 0.4) is 0 Å². The molecule has 1 aromatic heterocycles. The molecule has 0 spiro atoms. The summed E-state index contributed by atoms with van der Waals surface area (Å²) < 4.78 is 0. The van der Waals surface area contributed by atoms with Crippen molar-refractivity contribution in [1.82, 2.24) is 4.98 Å². The second kappa shape index (κ2) is 6.79. The SMILES string of the molecule is Cc1ccc2nc(-c3ccccc3)c(N3CCCCC3)c(C(=O)O)c2c1. The Balaban J connectivity index is 2.07. The fraction of sp³-hybridized carbons (Fsp3) is 0.273. The molecule has 1 saturated heterocycles. The average Bonchev–Trinajstić information content (AvgIpc) is 2.67. The maximum absolute atomic E-state index is 12.3. The Morgan fingerprint density at radius 1 is 1.04 bits per heavy atom. The van der Waals surface area contributed by atoms with Crippen molar-refractivity contribution in [1.29, 1.82) is 0 Å².